The molecule has 0 unspecified atom stereocenters. The smallest absolute Gasteiger partial charge is 0.248 e. The van der Waals surface area contributed by atoms with Crippen LogP contribution in [0, 0.1) is 0 Å². The molecule has 0 fully saturated rings. The molecule has 1 aromatic carbocycles. The van der Waals surface area contributed by atoms with Gasteiger partial charge in [-0.05, 0) is 18.2 Å². The van der Waals surface area contributed by atoms with E-state index in [9.17, 15) is 4.79 Å². The van der Waals surface area contributed by atoms with Gasteiger partial charge >= 0.3 is 0 Å². The lowest BCUT2D eigenvalue weighted by molar-refractivity contribution is -0.116. The third-order valence-electron chi connectivity index (χ3n) is 3.17. The number of fused-ring (bicyclic) bond motifs is 1. The predicted molar refractivity (Wildman–Crippen MR) is 74.6 cm³/mol. The van der Waals surface area contributed by atoms with Gasteiger partial charge in [0.2, 0.25) is 5.91 Å². The fraction of sp³-hybridized carbons (Fsp3) is 0.133. The molecule has 4 heteroatoms. The highest BCUT2D eigenvalue weighted by Crippen LogP contribution is 2.24. The monoisotopic (exact) mass is 251 g/mol. The summed E-state index contributed by atoms with van der Waals surface area (Å²) in [5.41, 5.74) is 3.37. The number of amides is 1. The lowest BCUT2D eigenvalue weighted by Crippen LogP contribution is -2.27. The number of hydrogen-bond donors (Lipinski definition) is 0. The Labute approximate surface area is 111 Å². The lowest BCUT2D eigenvalue weighted by Gasteiger charge is -2.17. The second kappa shape index (κ2) is 4.65. The molecular formula is C15H13N3O. The fourth-order valence-corrected chi connectivity index (χ4v) is 2.16. The summed E-state index contributed by atoms with van der Waals surface area (Å²) in [5.74, 6) is -0.0154. The molecule has 1 aromatic heterocycles. The largest absolute Gasteiger partial charge is 0.313 e. The first-order valence-electron chi connectivity index (χ1n) is 6.09. The van der Waals surface area contributed by atoms with Gasteiger partial charge in [0.15, 0.2) is 0 Å². The average molecular weight is 251 g/mol. The van der Waals surface area contributed by atoms with E-state index < -0.39 is 0 Å². The number of rotatable bonds is 1. The zero-order chi connectivity index (χ0) is 13.2. The normalized spacial score (nSPS) is 14.7. The van der Waals surface area contributed by atoms with Crippen LogP contribution in [0.5, 0.6) is 0 Å². The molecular weight excluding hydrogens is 238 g/mol. The third-order valence-corrected chi connectivity index (χ3v) is 3.17. The van der Waals surface area contributed by atoms with E-state index in [2.05, 4.69) is 9.98 Å². The van der Waals surface area contributed by atoms with Crippen molar-refractivity contribution >= 4 is 17.3 Å². The first-order valence-corrected chi connectivity index (χ1v) is 6.09. The van der Waals surface area contributed by atoms with Crippen LogP contribution in [0.2, 0.25) is 0 Å². The minimum Gasteiger partial charge on any atom is -0.313 e. The molecule has 94 valence electrons. The predicted octanol–water partition coefficient (Wildman–Crippen LogP) is 1.90. The van der Waals surface area contributed by atoms with Gasteiger partial charge in [-0.1, -0.05) is 24.3 Å². The SMILES string of the molecule is CN1C(=O)CN=C(c2ccccn2)c2ccccc21. The van der Waals surface area contributed by atoms with Gasteiger partial charge in [0.05, 0.1) is 17.1 Å². The van der Waals surface area contributed by atoms with Crippen molar-refractivity contribution in [3.63, 3.8) is 0 Å². The van der Waals surface area contributed by atoms with Crippen LogP contribution in [0.15, 0.2) is 53.7 Å². The molecule has 1 amide bonds. The summed E-state index contributed by atoms with van der Waals surface area (Å²) in [4.78, 5) is 22.4. The molecule has 2 aromatic rings. The van der Waals surface area contributed by atoms with Crippen LogP contribution in [-0.4, -0.2) is 30.2 Å². The van der Waals surface area contributed by atoms with Gasteiger partial charge < -0.3 is 4.90 Å². The summed E-state index contributed by atoms with van der Waals surface area (Å²) in [5, 5.41) is 0. The minimum atomic E-state index is -0.0154. The molecule has 0 N–H and O–H groups in total. The first kappa shape index (κ1) is 11.6. The Balaban J connectivity index is 2.20. The summed E-state index contributed by atoms with van der Waals surface area (Å²) in [6.45, 7) is 0.150. The number of anilines is 1. The number of likely N-dealkylation sites (N-methyl/N-ethyl adjacent to an activating group) is 1. The Morgan fingerprint density at radius 1 is 1.11 bits per heavy atom. The number of carbonyl (C=O) groups excluding carboxylic acids is 1. The third kappa shape index (κ3) is 2.01. The molecule has 3 rings (SSSR count). The molecule has 19 heavy (non-hydrogen) atoms. The van der Waals surface area contributed by atoms with Gasteiger partial charge in [0.1, 0.15) is 6.54 Å². The van der Waals surface area contributed by atoms with E-state index in [-0.39, 0.29) is 12.5 Å². The number of nitrogens with zero attached hydrogens (tertiary/aromatic N) is 3. The molecule has 0 spiro atoms. The van der Waals surface area contributed by atoms with E-state index in [4.69, 9.17) is 0 Å². The maximum absolute atomic E-state index is 12.0. The van der Waals surface area contributed by atoms with E-state index in [0.29, 0.717) is 0 Å². The first-order chi connectivity index (χ1) is 9.27. The van der Waals surface area contributed by atoms with Crippen molar-refractivity contribution in [1.29, 1.82) is 0 Å². The van der Waals surface area contributed by atoms with Crippen molar-refractivity contribution in [1.82, 2.24) is 4.98 Å². The van der Waals surface area contributed by atoms with Crippen LogP contribution >= 0.6 is 0 Å². The van der Waals surface area contributed by atoms with Crippen LogP contribution in [0.4, 0.5) is 5.69 Å². The maximum Gasteiger partial charge on any atom is 0.248 e. The average Bonchev–Trinajstić information content (AvgIpc) is 2.59. The number of pyridine rings is 1. The van der Waals surface area contributed by atoms with E-state index in [1.807, 2.05) is 42.5 Å². The summed E-state index contributed by atoms with van der Waals surface area (Å²) in [6.07, 6.45) is 1.73. The molecule has 0 aliphatic carbocycles. The van der Waals surface area contributed by atoms with Crippen molar-refractivity contribution in [2.45, 2.75) is 0 Å². The molecule has 1 aliphatic heterocycles. The maximum atomic E-state index is 12.0. The van der Waals surface area contributed by atoms with E-state index >= 15 is 0 Å². The molecule has 0 radical (unpaired) electrons. The van der Waals surface area contributed by atoms with E-state index in [1.165, 1.54) is 0 Å². The van der Waals surface area contributed by atoms with Crippen molar-refractivity contribution in [2.24, 2.45) is 4.99 Å². The molecule has 0 atom stereocenters. The number of benzodiazepines with no additional fused rings is 1. The summed E-state index contributed by atoms with van der Waals surface area (Å²) >= 11 is 0. The molecule has 4 nitrogen and oxygen atoms in total. The topological polar surface area (TPSA) is 45.6 Å². The molecule has 0 saturated carbocycles. The summed E-state index contributed by atoms with van der Waals surface area (Å²) in [7, 11) is 1.78. The van der Waals surface area contributed by atoms with Crippen molar-refractivity contribution in [2.75, 3.05) is 18.5 Å². The highest BCUT2D eigenvalue weighted by molar-refractivity contribution is 6.18. The second-order valence-corrected chi connectivity index (χ2v) is 4.35. The Hall–Kier alpha value is -2.49. The molecule has 0 saturated heterocycles. The van der Waals surface area contributed by atoms with Crippen molar-refractivity contribution in [3.05, 3.63) is 59.9 Å². The highest BCUT2D eigenvalue weighted by atomic mass is 16.2. The second-order valence-electron chi connectivity index (χ2n) is 4.35. The number of aliphatic imine (C=N–C) groups is 1. The van der Waals surface area contributed by atoms with Crippen molar-refractivity contribution < 1.29 is 4.79 Å². The Kier molecular flexibility index (Phi) is 2.83. The number of carbonyl (C=O) groups is 1. The van der Waals surface area contributed by atoms with Crippen molar-refractivity contribution in [3.8, 4) is 0 Å². The van der Waals surface area contributed by atoms with Gasteiger partial charge in [-0.3, -0.25) is 14.8 Å². The standard InChI is InChI=1S/C15H13N3O/c1-18-13-8-3-2-6-11(13)15(17-10-14(18)19)12-7-4-5-9-16-12/h2-9H,10H2,1H3. The summed E-state index contributed by atoms with van der Waals surface area (Å²) in [6, 6.07) is 13.5. The van der Waals surface area contributed by atoms with Crippen LogP contribution < -0.4 is 4.90 Å². The molecule has 1 aliphatic rings. The van der Waals surface area contributed by atoms with Gasteiger partial charge in [0, 0.05) is 18.8 Å². The van der Waals surface area contributed by atoms with Gasteiger partial charge in [0.25, 0.3) is 0 Å². The highest BCUT2D eigenvalue weighted by Gasteiger charge is 2.22. The Morgan fingerprint density at radius 2 is 1.89 bits per heavy atom. The van der Waals surface area contributed by atoms with Crippen LogP contribution in [0.3, 0.4) is 0 Å². The quantitative estimate of drug-likeness (QED) is 0.777. The van der Waals surface area contributed by atoms with Crippen LogP contribution in [-0.2, 0) is 4.79 Å². The zero-order valence-corrected chi connectivity index (χ0v) is 10.6. The van der Waals surface area contributed by atoms with Gasteiger partial charge in [-0.25, -0.2) is 0 Å². The van der Waals surface area contributed by atoms with E-state index in [1.54, 1.807) is 18.1 Å². The van der Waals surface area contributed by atoms with Gasteiger partial charge in [-0.15, -0.1) is 0 Å². The number of hydrogen-bond acceptors (Lipinski definition) is 3. The lowest BCUT2D eigenvalue weighted by atomic mass is 10.0. The Bertz CT molecular complexity index is 649. The number of para-hydroxylation sites is 1. The van der Waals surface area contributed by atoms with Crippen LogP contribution in [0.25, 0.3) is 0 Å². The minimum absolute atomic E-state index is 0.0154. The molecule has 2 heterocycles. The van der Waals surface area contributed by atoms with Gasteiger partial charge in [-0.2, -0.15) is 0 Å². The number of aromatic nitrogens is 1. The number of benzene rings is 1. The fourth-order valence-electron chi connectivity index (χ4n) is 2.16. The zero-order valence-electron chi connectivity index (χ0n) is 10.6. The van der Waals surface area contributed by atoms with E-state index in [0.717, 1.165) is 22.7 Å². The van der Waals surface area contributed by atoms with Crippen LogP contribution in [0.1, 0.15) is 11.3 Å². The Morgan fingerprint density at radius 3 is 2.68 bits per heavy atom. The molecule has 0 bridgehead atoms. The summed E-state index contributed by atoms with van der Waals surface area (Å²) < 4.78 is 0.